The molecular weight excluding hydrogens is 264 g/mol. The molecule has 3 heterocycles. The van der Waals surface area contributed by atoms with Crippen LogP contribution in [0, 0.1) is 6.92 Å². The van der Waals surface area contributed by atoms with Gasteiger partial charge in [-0.15, -0.1) is 10.2 Å². The second-order valence-corrected chi connectivity index (χ2v) is 5.35. The number of rotatable bonds is 1. The van der Waals surface area contributed by atoms with Crippen molar-refractivity contribution in [3.05, 3.63) is 47.5 Å². The Balaban J connectivity index is 1.79. The van der Waals surface area contributed by atoms with Gasteiger partial charge in [0.15, 0.2) is 5.82 Å². The molecule has 0 radical (unpaired) electrons. The molecule has 106 valence electrons. The van der Waals surface area contributed by atoms with E-state index in [0.717, 1.165) is 42.5 Å². The molecule has 21 heavy (non-hydrogen) atoms. The Morgan fingerprint density at radius 2 is 2.14 bits per heavy atom. The molecule has 1 aliphatic heterocycles. The molecule has 6 heteroatoms. The number of aromatic nitrogens is 4. The number of nitrogens with zero attached hydrogens (tertiary/aromatic N) is 5. The van der Waals surface area contributed by atoms with Crippen LogP contribution in [0.4, 0.5) is 11.5 Å². The lowest BCUT2D eigenvalue weighted by atomic mass is 9.98. The van der Waals surface area contributed by atoms with Crippen molar-refractivity contribution in [1.82, 2.24) is 19.6 Å². The van der Waals surface area contributed by atoms with Crippen molar-refractivity contribution in [2.24, 2.45) is 0 Å². The number of hydrogen-bond donors (Lipinski definition) is 1. The van der Waals surface area contributed by atoms with E-state index < -0.39 is 0 Å². The van der Waals surface area contributed by atoms with Crippen LogP contribution < -0.4 is 10.6 Å². The van der Waals surface area contributed by atoms with Gasteiger partial charge < -0.3 is 10.6 Å². The molecular formula is C15H16N6. The molecule has 0 atom stereocenters. The quantitative estimate of drug-likeness (QED) is 0.685. The van der Waals surface area contributed by atoms with Crippen molar-refractivity contribution in [2.75, 3.05) is 17.2 Å². The summed E-state index contributed by atoms with van der Waals surface area (Å²) in [4.78, 5) is 6.73. The van der Waals surface area contributed by atoms with Crippen LogP contribution in [-0.2, 0) is 13.0 Å². The van der Waals surface area contributed by atoms with Crippen molar-refractivity contribution in [3.8, 4) is 0 Å². The lowest BCUT2D eigenvalue weighted by Gasteiger charge is -2.30. The standard InChI is InChI=1S/C15H16N6/c1-10-18-19-15-14(17-6-8-21(10)15)20-7-5-11-3-2-4-13(16)12(11)9-20/h2-4,6,8H,5,7,9,16H2,1H3. The van der Waals surface area contributed by atoms with Crippen LogP contribution in [0.5, 0.6) is 0 Å². The molecule has 6 nitrogen and oxygen atoms in total. The third-order valence-electron chi connectivity index (χ3n) is 4.09. The minimum atomic E-state index is 0.764. The Morgan fingerprint density at radius 1 is 1.24 bits per heavy atom. The summed E-state index contributed by atoms with van der Waals surface area (Å²) in [5.41, 5.74) is 10.3. The summed E-state index contributed by atoms with van der Waals surface area (Å²) in [6.45, 7) is 3.61. The Kier molecular flexibility index (Phi) is 2.57. The van der Waals surface area contributed by atoms with Gasteiger partial charge in [-0.05, 0) is 30.5 Å². The molecule has 0 saturated heterocycles. The molecule has 3 aromatic rings. The number of nitrogens with two attached hydrogens (primary N) is 1. The fourth-order valence-corrected chi connectivity index (χ4v) is 2.94. The minimum Gasteiger partial charge on any atom is -0.398 e. The van der Waals surface area contributed by atoms with Crippen LogP contribution in [0.25, 0.3) is 5.65 Å². The average Bonchev–Trinajstić information content (AvgIpc) is 2.89. The zero-order valence-electron chi connectivity index (χ0n) is 11.8. The van der Waals surface area contributed by atoms with Crippen molar-refractivity contribution >= 4 is 17.2 Å². The van der Waals surface area contributed by atoms with Crippen LogP contribution in [-0.4, -0.2) is 26.1 Å². The second-order valence-electron chi connectivity index (χ2n) is 5.35. The Hall–Kier alpha value is -2.63. The molecule has 0 amide bonds. The number of nitrogen functional groups attached to an aromatic ring is 1. The third-order valence-corrected chi connectivity index (χ3v) is 4.09. The van der Waals surface area contributed by atoms with Gasteiger partial charge in [-0.25, -0.2) is 4.98 Å². The van der Waals surface area contributed by atoms with Crippen LogP contribution in [0.3, 0.4) is 0 Å². The third kappa shape index (κ3) is 1.83. The van der Waals surface area contributed by atoms with Crippen molar-refractivity contribution in [3.63, 3.8) is 0 Å². The minimum absolute atomic E-state index is 0.764. The molecule has 1 aromatic carbocycles. The van der Waals surface area contributed by atoms with Gasteiger partial charge in [0, 0.05) is 31.2 Å². The Bertz CT molecular complexity index is 822. The highest BCUT2D eigenvalue weighted by molar-refractivity contribution is 5.66. The molecule has 0 fully saturated rings. The van der Waals surface area contributed by atoms with Gasteiger partial charge in [-0.3, -0.25) is 4.40 Å². The van der Waals surface area contributed by atoms with Gasteiger partial charge in [0.05, 0.1) is 0 Å². The first-order chi connectivity index (χ1) is 10.2. The fraction of sp³-hybridized carbons (Fsp3) is 0.267. The predicted molar refractivity (Wildman–Crippen MR) is 81.1 cm³/mol. The maximum atomic E-state index is 6.12. The van der Waals surface area contributed by atoms with Crippen molar-refractivity contribution < 1.29 is 0 Å². The zero-order chi connectivity index (χ0) is 14.4. The van der Waals surface area contributed by atoms with E-state index in [1.807, 2.05) is 29.7 Å². The van der Waals surface area contributed by atoms with Crippen molar-refractivity contribution in [1.29, 1.82) is 0 Å². The monoisotopic (exact) mass is 280 g/mol. The van der Waals surface area contributed by atoms with Gasteiger partial charge in [0.2, 0.25) is 5.65 Å². The lowest BCUT2D eigenvalue weighted by Crippen LogP contribution is -2.32. The van der Waals surface area contributed by atoms with Crippen LogP contribution in [0.2, 0.25) is 0 Å². The summed E-state index contributed by atoms with van der Waals surface area (Å²) in [7, 11) is 0. The van der Waals surface area contributed by atoms with E-state index in [2.05, 4.69) is 26.1 Å². The topological polar surface area (TPSA) is 72.3 Å². The molecule has 0 bridgehead atoms. The van der Waals surface area contributed by atoms with E-state index in [4.69, 9.17) is 5.73 Å². The Morgan fingerprint density at radius 3 is 3.05 bits per heavy atom. The number of hydrogen-bond acceptors (Lipinski definition) is 5. The molecule has 0 unspecified atom stereocenters. The first-order valence-electron chi connectivity index (χ1n) is 7.01. The van der Waals surface area contributed by atoms with Gasteiger partial charge in [0.1, 0.15) is 5.82 Å². The normalized spacial score (nSPS) is 14.4. The van der Waals surface area contributed by atoms with Gasteiger partial charge >= 0.3 is 0 Å². The van der Waals surface area contributed by atoms with E-state index >= 15 is 0 Å². The van der Waals surface area contributed by atoms with Crippen LogP contribution in [0.1, 0.15) is 17.0 Å². The summed E-state index contributed by atoms with van der Waals surface area (Å²) in [6.07, 6.45) is 4.65. The van der Waals surface area contributed by atoms with E-state index in [-0.39, 0.29) is 0 Å². The molecule has 1 aliphatic rings. The summed E-state index contributed by atoms with van der Waals surface area (Å²) in [6, 6.07) is 6.13. The van der Waals surface area contributed by atoms with Gasteiger partial charge in [0.25, 0.3) is 0 Å². The average molecular weight is 280 g/mol. The molecule has 4 rings (SSSR count). The number of fused-ring (bicyclic) bond motifs is 2. The number of benzene rings is 1. The van der Waals surface area contributed by atoms with Gasteiger partial charge in [-0.1, -0.05) is 12.1 Å². The summed E-state index contributed by atoms with van der Waals surface area (Å²) < 4.78 is 1.96. The lowest BCUT2D eigenvalue weighted by molar-refractivity contribution is 0.722. The first kappa shape index (κ1) is 12.1. The fourth-order valence-electron chi connectivity index (χ4n) is 2.94. The highest BCUT2D eigenvalue weighted by Gasteiger charge is 2.22. The molecule has 2 aromatic heterocycles. The van der Waals surface area contributed by atoms with E-state index in [1.165, 1.54) is 11.1 Å². The summed E-state index contributed by atoms with van der Waals surface area (Å²) in [5.74, 6) is 1.73. The van der Waals surface area contributed by atoms with E-state index in [9.17, 15) is 0 Å². The first-order valence-corrected chi connectivity index (χ1v) is 7.01. The number of anilines is 2. The Labute approximate surface area is 122 Å². The summed E-state index contributed by atoms with van der Waals surface area (Å²) >= 11 is 0. The van der Waals surface area contributed by atoms with Crippen LogP contribution in [0.15, 0.2) is 30.6 Å². The van der Waals surface area contributed by atoms with E-state index in [1.54, 1.807) is 6.20 Å². The smallest absolute Gasteiger partial charge is 0.203 e. The second kappa shape index (κ2) is 4.44. The molecule has 0 saturated carbocycles. The van der Waals surface area contributed by atoms with E-state index in [0.29, 0.717) is 0 Å². The maximum Gasteiger partial charge on any atom is 0.203 e. The summed E-state index contributed by atoms with van der Waals surface area (Å²) in [5, 5.41) is 8.38. The highest BCUT2D eigenvalue weighted by atomic mass is 15.3. The van der Waals surface area contributed by atoms with Crippen molar-refractivity contribution in [2.45, 2.75) is 19.9 Å². The molecule has 2 N–H and O–H groups in total. The number of aryl methyl sites for hydroxylation is 1. The largest absolute Gasteiger partial charge is 0.398 e. The molecule has 0 spiro atoms. The SMILES string of the molecule is Cc1nnc2c(N3CCc4cccc(N)c4C3)nccn12. The maximum absolute atomic E-state index is 6.12. The molecule has 0 aliphatic carbocycles. The zero-order valence-corrected chi connectivity index (χ0v) is 11.8. The predicted octanol–water partition coefficient (Wildman–Crippen LogP) is 1.58. The van der Waals surface area contributed by atoms with Crippen LogP contribution >= 0.6 is 0 Å². The van der Waals surface area contributed by atoms with Gasteiger partial charge in [-0.2, -0.15) is 0 Å². The highest BCUT2D eigenvalue weighted by Crippen LogP contribution is 2.28.